The maximum atomic E-state index is 11.9. The Morgan fingerprint density at radius 2 is 1.84 bits per heavy atom. The Bertz CT molecular complexity index is 600. The van der Waals surface area contributed by atoms with E-state index in [1.807, 2.05) is 0 Å². The van der Waals surface area contributed by atoms with Crippen LogP contribution < -0.4 is 5.32 Å². The van der Waals surface area contributed by atoms with Crippen LogP contribution in [0.5, 0.6) is 5.75 Å². The minimum Gasteiger partial charge on any atom is -0.508 e. The molecule has 98 valence electrons. The molecule has 0 bridgehead atoms. The third kappa shape index (κ3) is 3.59. The molecular weight excluding hydrogens is 287 g/mol. The molecule has 0 aliphatic carbocycles. The van der Waals surface area contributed by atoms with E-state index in [4.69, 9.17) is 28.3 Å². The van der Waals surface area contributed by atoms with E-state index in [1.54, 1.807) is 24.3 Å². The lowest BCUT2D eigenvalue weighted by molar-refractivity contribution is 0.0950. The number of nitrogens with one attached hydrogen (secondary N) is 1. The van der Waals surface area contributed by atoms with E-state index in [0.717, 1.165) is 5.56 Å². The number of hydrogen-bond acceptors (Lipinski definition) is 3. The molecule has 0 saturated heterocycles. The van der Waals surface area contributed by atoms with Gasteiger partial charge in [-0.1, -0.05) is 35.3 Å². The Morgan fingerprint density at radius 3 is 2.47 bits per heavy atom. The summed E-state index contributed by atoms with van der Waals surface area (Å²) in [6, 6.07) is 9.57. The maximum absolute atomic E-state index is 11.9. The van der Waals surface area contributed by atoms with E-state index < -0.39 is 0 Å². The van der Waals surface area contributed by atoms with Crippen molar-refractivity contribution < 1.29 is 9.90 Å². The van der Waals surface area contributed by atoms with Crippen molar-refractivity contribution in [2.24, 2.45) is 0 Å². The first-order chi connectivity index (χ1) is 9.06. The van der Waals surface area contributed by atoms with Crippen molar-refractivity contribution in [2.75, 3.05) is 0 Å². The van der Waals surface area contributed by atoms with E-state index in [0.29, 0.717) is 6.54 Å². The second-order valence-corrected chi connectivity index (χ2v) is 4.57. The summed E-state index contributed by atoms with van der Waals surface area (Å²) in [6.07, 6.45) is 0. The molecule has 1 aromatic carbocycles. The lowest BCUT2D eigenvalue weighted by atomic mass is 10.2. The Hall–Kier alpha value is -1.78. The third-order valence-electron chi connectivity index (χ3n) is 2.45. The quantitative estimate of drug-likeness (QED) is 0.856. The highest BCUT2D eigenvalue weighted by Gasteiger charge is 2.11. The molecule has 0 atom stereocenters. The zero-order valence-corrected chi connectivity index (χ0v) is 11.2. The van der Waals surface area contributed by atoms with Crippen LogP contribution in [0.2, 0.25) is 10.3 Å². The lowest BCUT2D eigenvalue weighted by Crippen LogP contribution is -2.23. The zero-order chi connectivity index (χ0) is 13.8. The molecule has 6 heteroatoms. The second-order valence-electron chi connectivity index (χ2n) is 3.82. The van der Waals surface area contributed by atoms with Crippen LogP contribution in [-0.4, -0.2) is 16.0 Å². The number of aromatic nitrogens is 1. The monoisotopic (exact) mass is 296 g/mol. The number of phenolic OH excluding ortho intramolecular Hbond substituents is 1. The van der Waals surface area contributed by atoms with Gasteiger partial charge < -0.3 is 10.4 Å². The van der Waals surface area contributed by atoms with Gasteiger partial charge in [0, 0.05) is 6.54 Å². The fraction of sp³-hybridized carbons (Fsp3) is 0.0769. The van der Waals surface area contributed by atoms with Crippen LogP contribution in [0.15, 0.2) is 36.4 Å². The van der Waals surface area contributed by atoms with Crippen LogP contribution in [0.4, 0.5) is 0 Å². The van der Waals surface area contributed by atoms with E-state index in [9.17, 15) is 4.79 Å². The van der Waals surface area contributed by atoms with Gasteiger partial charge in [-0.05, 0) is 29.8 Å². The van der Waals surface area contributed by atoms with Crippen molar-refractivity contribution in [3.63, 3.8) is 0 Å². The fourth-order valence-corrected chi connectivity index (χ4v) is 1.90. The summed E-state index contributed by atoms with van der Waals surface area (Å²) in [6.45, 7) is 0.331. The Balaban J connectivity index is 2.03. The number of hydrogen-bond donors (Lipinski definition) is 2. The largest absolute Gasteiger partial charge is 0.508 e. The molecule has 4 nitrogen and oxygen atoms in total. The number of phenols is 1. The van der Waals surface area contributed by atoms with Gasteiger partial charge >= 0.3 is 0 Å². The predicted molar refractivity (Wildman–Crippen MR) is 73.5 cm³/mol. The molecule has 0 aliphatic heterocycles. The van der Waals surface area contributed by atoms with Crippen LogP contribution in [-0.2, 0) is 6.54 Å². The minimum atomic E-state index is -0.331. The Morgan fingerprint density at radius 1 is 1.16 bits per heavy atom. The molecule has 0 unspecified atom stereocenters. The Labute approximate surface area is 120 Å². The van der Waals surface area contributed by atoms with Crippen LogP contribution in [0, 0.1) is 0 Å². The number of carbonyl (C=O) groups is 1. The number of aromatic hydroxyl groups is 1. The number of nitrogens with zero attached hydrogens (tertiary/aromatic N) is 1. The van der Waals surface area contributed by atoms with Crippen molar-refractivity contribution in [1.82, 2.24) is 10.3 Å². The molecule has 0 spiro atoms. The van der Waals surface area contributed by atoms with Gasteiger partial charge in [-0.2, -0.15) is 0 Å². The molecular formula is C13H10Cl2N2O2. The third-order valence-corrected chi connectivity index (χ3v) is 2.95. The molecule has 0 saturated carbocycles. The average Bonchev–Trinajstić information content (AvgIpc) is 2.37. The molecule has 1 aromatic heterocycles. The average molecular weight is 297 g/mol. The van der Waals surface area contributed by atoms with Crippen molar-refractivity contribution in [3.8, 4) is 5.75 Å². The second kappa shape index (κ2) is 5.91. The van der Waals surface area contributed by atoms with Gasteiger partial charge in [-0.15, -0.1) is 0 Å². The highest BCUT2D eigenvalue weighted by Crippen LogP contribution is 2.16. The fourth-order valence-electron chi connectivity index (χ4n) is 1.47. The molecule has 1 amide bonds. The lowest BCUT2D eigenvalue weighted by Gasteiger charge is -2.06. The summed E-state index contributed by atoms with van der Waals surface area (Å²) in [5.41, 5.74) is 1.13. The number of pyridine rings is 1. The first-order valence-corrected chi connectivity index (χ1v) is 6.20. The van der Waals surface area contributed by atoms with Crippen molar-refractivity contribution in [1.29, 1.82) is 0 Å². The number of rotatable bonds is 3. The summed E-state index contributed by atoms with van der Waals surface area (Å²) in [5, 5.41) is 12.2. The summed E-state index contributed by atoms with van der Waals surface area (Å²) < 4.78 is 0. The highest BCUT2D eigenvalue weighted by atomic mass is 35.5. The molecule has 2 rings (SSSR count). The molecule has 0 radical (unpaired) electrons. The summed E-state index contributed by atoms with van der Waals surface area (Å²) in [7, 11) is 0. The predicted octanol–water partition coefficient (Wildman–Crippen LogP) is 3.02. The molecule has 0 fully saturated rings. The van der Waals surface area contributed by atoms with Crippen LogP contribution in [0.3, 0.4) is 0 Å². The van der Waals surface area contributed by atoms with E-state index in [2.05, 4.69) is 10.3 Å². The van der Waals surface area contributed by atoms with E-state index >= 15 is 0 Å². The maximum Gasteiger partial charge on any atom is 0.254 e. The van der Waals surface area contributed by atoms with Crippen molar-refractivity contribution in [2.45, 2.75) is 6.54 Å². The standard InChI is InChI=1S/C13H10Cl2N2O2/c14-11-6-5-10(12(15)17-11)13(19)16-7-8-1-3-9(18)4-2-8/h1-6,18H,7H2,(H,16,19). The first kappa shape index (κ1) is 13.6. The zero-order valence-electron chi connectivity index (χ0n) is 9.73. The van der Waals surface area contributed by atoms with Crippen molar-refractivity contribution >= 4 is 29.1 Å². The summed E-state index contributed by atoms with van der Waals surface area (Å²) in [5.74, 6) is -0.151. The van der Waals surface area contributed by atoms with E-state index in [-0.39, 0.29) is 27.5 Å². The summed E-state index contributed by atoms with van der Waals surface area (Å²) >= 11 is 11.5. The van der Waals surface area contributed by atoms with Crippen LogP contribution >= 0.6 is 23.2 Å². The number of carbonyl (C=O) groups excluding carboxylic acids is 1. The van der Waals surface area contributed by atoms with E-state index in [1.165, 1.54) is 12.1 Å². The molecule has 2 aromatic rings. The summed E-state index contributed by atoms with van der Waals surface area (Å²) in [4.78, 5) is 15.7. The Kier molecular flexibility index (Phi) is 4.24. The van der Waals surface area contributed by atoms with Gasteiger partial charge in [0.05, 0.1) is 5.56 Å². The highest BCUT2D eigenvalue weighted by molar-refractivity contribution is 6.34. The van der Waals surface area contributed by atoms with Gasteiger partial charge in [-0.25, -0.2) is 4.98 Å². The van der Waals surface area contributed by atoms with Gasteiger partial charge in [0.1, 0.15) is 16.1 Å². The molecule has 1 heterocycles. The molecule has 0 aliphatic rings. The van der Waals surface area contributed by atoms with Gasteiger partial charge in [-0.3, -0.25) is 4.79 Å². The smallest absolute Gasteiger partial charge is 0.254 e. The SMILES string of the molecule is O=C(NCc1ccc(O)cc1)c1ccc(Cl)nc1Cl. The van der Waals surface area contributed by atoms with Gasteiger partial charge in [0.2, 0.25) is 0 Å². The number of benzene rings is 1. The minimum absolute atomic E-state index is 0.0655. The van der Waals surface area contributed by atoms with Gasteiger partial charge in [0.25, 0.3) is 5.91 Å². The normalized spacial score (nSPS) is 10.2. The number of amides is 1. The van der Waals surface area contributed by atoms with Gasteiger partial charge in [0.15, 0.2) is 0 Å². The van der Waals surface area contributed by atoms with Crippen LogP contribution in [0.25, 0.3) is 0 Å². The first-order valence-electron chi connectivity index (χ1n) is 5.44. The van der Waals surface area contributed by atoms with Crippen molar-refractivity contribution in [3.05, 3.63) is 57.8 Å². The molecule has 19 heavy (non-hydrogen) atoms. The molecule has 2 N–H and O–H groups in total. The topological polar surface area (TPSA) is 62.2 Å². The number of halogens is 2. The van der Waals surface area contributed by atoms with Crippen LogP contribution in [0.1, 0.15) is 15.9 Å².